The van der Waals surface area contributed by atoms with E-state index in [1.165, 1.54) is 0 Å². The Labute approximate surface area is 83.0 Å². The van der Waals surface area contributed by atoms with Crippen molar-refractivity contribution in [2.24, 2.45) is 0 Å². The maximum Gasteiger partial charge on any atom is 0.314 e. The van der Waals surface area contributed by atoms with E-state index in [9.17, 15) is 4.79 Å². The highest BCUT2D eigenvalue weighted by molar-refractivity contribution is 5.85. The van der Waals surface area contributed by atoms with Crippen molar-refractivity contribution in [1.29, 1.82) is 0 Å². The summed E-state index contributed by atoms with van der Waals surface area (Å²) in [7, 11) is 0. The molecule has 13 heavy (non-hydrogen) atoms. The first-order valence-corrected chi connectivity index (χ1v) is 4.05. The first-order chi connectivity index (χ1) is 5.76. The van der Waals surface area contributed by atoms with E-state index in [4.69, 9.17) is 5.11 Å². The topological polar surface area (TPSA) is 37.3 Å². The zero-order valence-electron chi connectivity index (χ0n) is 7.06. The highest BCUT2D eigenvalue weighted by Crippen LogP contribution is 2.48. The largest absolute Gasteiger partial charge is 0.481 e. The van der Waals surface area contributed by atoms with Crippen molar-refractivity contribution in [1.82, 2.24) is 0 Å². The zero-order chi connectivity index (χ0) is 8.60. The smallest absolute Gasteiger partial charge is 0.314 e. The van der Waals surface area contributed by atoms with Gasteiger partial charge in [-0.1, -0.05) is 30.3 Å². The van der Waals surface area contributed by atoms with E-state index < -0.39 is 11.4 Å². The fourth-order valence-electron chi connectivity index (χ4n) is 1.51. The van der Waals surface area contributed by atoms with E-state index in [2.05, 4.69) is 0 Å². The Kier molecular flexibility index (Phi) is 2.62. The van der Waals surface area contributed by atoms with Crippen molar-refractivity contribution < 1.29 is 9.90 Å². The lowest BCUT2D eigenvalue weighted by Gasteiger charge is -2.08. The molecule has 1 aromatic carbocycles. The van der Waals surface area contributed by atoms with Crippen molar-refractivity contribution in [3.63, 3.8) is 0 Å². The lowest BCUT2D eigenvalue weighted by molar-refractivity contribution is -0.140. The predicted molar refractivity (Wildman–Crippen MR) is 52.2 cm³/mol. The predicted octanol–water partition coefficient (Wildman–Crippen LogP) is 2.22. The van der Waals surface area contributed by atoms with E-state index in [0.29, 0.717) is 0 Å². The maximum atomic E-state index is 10.9. The van der Waals surface area contributed by atoms with Crippen LogP contribution < -0.4 is 0 Å². The van der Waals surface area contributed by atoms with Gasteiger partial charge >= 0.3 is 5.97 Å². The summed E-state index contributed by atoms with van der Waals surface area (Å²) in [6.45, 7) is 0. The Morgan fingerprint density at radius 1 is 1.23 bits per heavy atom. The molecule has 0 spiro atoms. The van der Waals surface area contributed by atoms with Crippen LogP contribution in [0, 0.1) is 0 Å². The second-order valence-electron chi connectivity index (χ2n) is 3.25. The molecule has 1 N–H and O–H groups in total. The molecule has 2 rings (SSSR count). The van der Waals surface area contributed by atoms with Gasteiger partial charge in [0.25, 0.3) is 0 Å². The molecular weight excluding hydrogens is 188 g/mol. The lowest BCUT2D eigenvalue weighted by atomic mass is 9.97. The van der Waals surface area contributed by atoms with Gasteiger partial charge in [-0.3, -0.25) is 4.79 Å². The number of benzene rings is 1. The molecule has 70 valence electrons. The van der Waals surface area contributed by atoms with Gasteiger partial charge in [0, 0.05) is 0 Å². The van der Waals surface area contributed by atoms with Crippen molar-refractivity contribution in [3.8, 4) is 0 Å². The standard InChI is InChI=1S/C10H10O2.ClH/c11-9(12)10(6-7-10)8-4-2-1-3-5-8;/h1-5H,6-7H2,(H,11,12);1H. The van der Waals surface area contributed by atoms with Gasteiger partial charge < -0.3 is 5.11 Å². The SMILES string of the molecule is Cl.O=C(O)C1(c2ccccc2)CC1. The van der Waals surface area contributed by atoms with Crippen molar-refractivity contribution in [2.45, 2.75) is 18.3 Å². The average Bonchev–Trinajstić information content (AvgIpc) is 2.86. The number of rotatable bonds is 2. The fraction of sp³-hybridized carbons (Fsp3) is 0.300. The Morgan fingerprint density at radius 2 is 1.77 bits per heavy atom. The van der Waals surface area contributed by atoms with Crippen LogP contribution in [0.3, 0.4) is 0 Å². The molecule has 0 radical (unpaired) electrons. The highest BCUT2D eigenvalue weighted by Gasteiger charge is 2.51. The molecular formula is C10H11ClO2. The minimum absolute atomic E-state index is 0. The molecule has 0 bridgehead atoms. The fourth-order valence-corrected chi connectivity index (χ4v) is 1.51. The second-order valence-corrected chi connectivity index (χ2v) is 3.25. The minimum Gasteiger partial charge on any atom is -0.481 e. The van der Waals surface area contributed by atoms with Gasteiger partial charge in [0.05, 0.1) is 5.41 Å². The number of carboxylic acid groups (broad SMARTS) is 1. The van der Waals surface area contributed by atoms with Gasteiger partial charge in [0.15, 0.2) is 0 Å². The zero-order valence-corrected chi connectivity index (χ0v) is 7.88. The molecule has 0 aliphatic heterocycles. The maximum absolute atomic E-state index is 10.9. The highest BCUT2D eigenvalue weighted by atomic mass is 35.5. The molecule has 1 fully saturated rings. The van der Waals surface area contributed by atoms with Crippen LogP contribution in [-0.2, 0) is 10.2 Å². The van der Waals surface area contributed by atoms with Gasteiger partial charge in [-0.2, -0.15) is 0 Å². The number of carbonyl (C=O) groups is 1. The van der Waals surface area contributed by atoms with Gasteiger partial charge in [0.1, 0.15) is 0 Å². The van der Waals surface area contributed by atoms with Gasteiger partial charge in [0.2, 0.25) is 0 Å². The summed E-state index contributed by atoms with van der Waals surface area (Å²) >= 11 is 0. The van der Waals surface area contributed by atoms with Crippen LogP contribution in [0.4, 0.5) is 0 Å². The summed E-state index contributed by atoms with van der Waals surface area (Å²) in [5.41, 5.74) is 0.402. The van der Waals surface area contributed by atoms with E-state index in [0.717, 1.165) is 18.4 Å². The first kappa shape index (κ1) is 10.1. The molecule has 1 aliphatic rings. The molecule has 3 heteroatoms. The third-order valence-corrected chi connectivity index (χ3v) is 2.49. The van der Waals surface area contributed by atoms with Crippen LogP contribution in [0.1, 0.15) is 18.4 Å². The summed E-state index contributed by atoms with van der Waals surface area (Å²) in [4.78, 5) is 10.9. The Hall–Kier alpha value is -1.02. The van der Waals surface area contributed by atoms with Gasteiger partial charge in [-0.05, 0) is 18.4 Å². The summed E-state index contributed by atoms with van der Waals surface area (Å²) in [5, 5.41) is 8.96. The third kappa shape index (κ3) is 1.54. The van der Waals surface area contributed by atoms with E-state index in [1.807, 2.05) is 30.3 Å². The molecule has 1 saturated carbocycles. The number of aliphatic carboxylic acids is 1. The lowest BCUT2D eigenvalue weighted by Crippen LogP contribution is -2.19. The van der Waals surface area contributed by atoms with Crippen LogP contribution in [0.15, 0.2) is 30.3 Å². The summed E-state index contributed by atoms with van der Waals surface area (Å²) in [5.74, 6) is -0.686. The Balaban J connectivity index is 0.000000845. The molecule has 0 amide bonds. The normalized spacial score (nSPS) is 17.2. The minimum atomic E-state index is -0.686. The van der Waals surface area contributed by atoms with Crippen LogP contribution >= 0.6 is 12.4 Å². The van der Waals surface area contributed by atoms with E-state index in [-0.39, 0.29) is 12.4 Å². The quantitative estimate of drug-likeness (QED) is 0.791. The van der Waals surface area contributed by atoms with Crippen LogP contribution in [0.25, 0.3) is 0 Å². The van der Waals surface area contributed by atoms with Gasteiger partial charge in [-0.25, -0.2) is 0 Å². The average molecular weight is 199 g/mol. The molecule has 0 saturated heterocycles. The molecule has 0 aromatic heterocycles. The summed E-state index contributed by atoms with van der Waals surface area (Å²) < 4.78 is 0. The van der Waals surface area contributed by atoms with Crippen molar-refractivity contribution >= 4 is 18.4 Å². The second kappa shape index (κ2) is 3.38. The van der Waals surface area contributed by atoms with E-state index in [1.54, 1.807) is 0 Å². The Morgan fingerprint density at radius 3 is 2.15 bits per heavy atom. The molecule has 1 aromatic rings. The van der Waals surface area contributed by atoms with Crippen LogP contribution in [-0.4, -0.2) is 11.1 Å². The molecule has 1 aliphatic carbocycles. The van der Waals surface area contributed by atoms with Crippen molar-refractivity contribution in [3.05, 3.63) is 35.9 Å². The molecule has 0 atom stereocenters. The summed E-state index contributed by atoms with van der Waals surface area (Å²) in [6.07, 6.45) is 1.57. The number of carboxylic acids is 1. The summed E-state index contributed by atoms with van der Waals surface area (Å²) in [6, 6.07) is 9.46. The molecule has 0 unspecified atom stereocenters. The molecule has 0 heterocycles. The van der Waals surface area contributed by atoms with Gasteiger partial charge in [-0.15, -0.1) is 12.4 Å². The van der Waals surface area contributed by atoms with Crippen LogP contribution in [0.5, 0.6) is 0 Å². The monoisotopic (exact) mass is 198 g/mol. The van der Waals surface area contributed by atoms with Crippen molar-refractivity contribution in [2.75, 3.05) is 0 Å². The first-order valence-electron chi connectivity index (χ1n) is 4.05. The third-order valence-electron chi connectivity index (χ3n) is 2.49. The molecule has 2 nitrogen and oxygen atoms in total. The number of hydrogen-bond acceptors (Lipinski definition) is 1. The van der Waals surface area contributed by atoms with Crippen LogP contribution in [0.2, 0.25) is 0 Å². The number of halogens is 1. The van der Waals surface area contributed by atoms with E-state index >= 15 is 0 Å². The Bertz CT molecular complexity index is 304. The number of hydrogen-bond donors (Lipinski definition) is 1.